The van der Waals surface area contributed by atoms with Crippen LogP contribution in [0.5, 0.6) is 0 Å². The molecule has 0 aromatic heterocycles. The zero-order valence-corrected chi connectivity index (χ0v) is 11.7. The van der Waals surface area contributed by atoms with Crippen LogP contribution in [-0.4, -0.2) is 11.8 Å². The minimum absolute atomic E-state index is 0.450. The molecule has 17 heavy (non-hydrogen) atoms. The van der Waals surface area contributed by atoms with Crippen molar-refractivity contribution in [3.8, 4) is 0 Å². The molecule has 2 heteroatoms. The van der Waals surface area contributed by atoms with Crippen molar-refractivity contribution in [3.63, 3.8) is 0 Å². The van der Waals surface area contributed by atoms with Gasteiger partial charge in [-0.3, -0.25) is 4.99 Å². The van der Waals surface area contributed by atoms with Crippen molar-refractivity contribution in [1.29, 1.82) is 0 Å². The van der Waals surface area contributed by atoms with Gasteiger partial charge >= 0.3 is 0 Å². The first-order valence-corrected chi connectivity index (χ1v) is 6.44. The Bertz CT molecular complexity index is 392. The molecule has 1 aromatic rings. The zero-order valence-electron chi connectivity index (χ0n) is 11.7. The van der Waals surface area contributed by atoms with Crippen molar-refractivity contribution in [1.82, 2.24) is 0 Å². The van der Waals surface area contributed by atoms with Crippen LogP contribution in [0.2, 0.25) is 0 Å². The van der Waals surface area contributed by atoms with Gasteiger partial charge in [0, 0.05) is 17.4 Å². The normalized spacial score (nSPS) is 12.0. The molecule has 0 fully saturated rings. The van der Waals surface area contributed by atoms with Crippen LogP contribution in [0.4, 0.5) is 11.4 Å². The monoisotopic (exact) mass is 232 g/mol. The maximum Gasteiger partial charge on any atom is 0.0678 e. The van der Waals surface area contributed by atoms with E-state index in [1.807, 2.05) is 0 Å². The number of nitrogens with zero attached hydrogens (tertiary/aromatic N) is 1. The molecule has 0 atom stereocenters. The van der Waals surface area contributed by atoms with Crippen LogP contribution in [0.1, 0.15) is 46.1 Å². The van der Waals surface area contributed by atoms with E-state index in [0.717, 1.165) is 24.2 Å². The van der Waals surface area contributed by atoms with Gasteiger partial charge in [-0.25, -0.2) is 0 Å². The summed E-state index contributed by atoms with van der Waals surface area (Å²) in [5.41, 5.74) is 4.67. The van der Waals surface area contributed by atoms with Gasteiger partial charge in [0.2, 0.25) is 0 Å². The minimum atomic E-state index is 0.450. The highest BCUT2D eigenvalue weighted by atomic mass is 14.9. The molecule has 0 spiro atoms. The summed E-state index contributed by atoms with van der Waals surface area (Å²) in [4.78, 5) is 4.69. The third-order valence-corrected chi connectivity index (χ3v) is 2.59. The highest BCUT2D eigenvalue weighted by Gasteiger charge is 2.01. The van der Waals surface area contributed by atoms with E-state index in [1.165, 1.54) is 11.3 Å². The van der Waals surface area contributed by atoms with Crippen LogP contribution >= 0.6 is 0 Å². The van der Waals surface area contributed by atoms with Gasteiger partial charge in [-0.15, -0.1) is 0 Å². The summed E-state index contributed by atoms with van der Waals surface area (Å²) < 4.78 is 0. The second-order valence-electron chi connectivity index (χ2n) is 4.90. The van der Waals surface area contributed by atoms with E-state index in [4.69, 9.17) is 4.99 Å². The van der Waals surface area contributed by atoms with Crippen molar-refractivity contribution in [2.75, 3.05) is 5.32 Å². The van der Waals surface area contributed by atoms with Crippen molar-refractivity contribution in [2.45, 2.75) is 53.5 Å². The van der Waals surface area contributed by atoms with Crippen LogP contribution in [0.25, 0.3) is 0 Å². The first kappa shape index (κ1) is 13.8. The molecular formula is C15H24N2. The highest BCUT2D eigenvalue weighted by molar-refractivity contribution is 5.85. The molecule has 0 unspecified atom stereocenters. The van der Waals surface area contributed by atoms with Crippen LogP contribution in [0.15, 0.2) is 23.2 Å². The molecule has 0 heterocycles. The lowest BCUT2D eigenvalue weighted by atomic mass is 10.1. The highest BCUT2D eigenvalue weighted by Crippen LogP contribution is 2.24. The fourth-order valence-electron chi connectivity index (χ4n) is 1.78. The molecule has 0 aliphatic rings. The number of hydrogen-bond donors (Lipinski definition) is 1. The summed E-state index contributed by atoms with van der Waals surface area (Å²) in [6.45, 7) is 10.7. The van der Waals surface area contributed by atoms with Crippen LogP contribution in [0.3, 0.4) is 0 Å². The van der Waals surface area contributed by atoms with Gasteiger partial charge in [-0.2, -0.15) is 0 Å². The number of anilines is 1. The molecule has 1 aromatic carbocycles. The molecular weight excluding hydrogens is 208 g/mol. The second kappa shape index (κ2) is 6.43. The largest absolute Gasteiger partial charge is 0.383 e. The number of hydrogen-bond acceptors (Lipinski definition) is 2. The van der Waals surface area contributed by atoms with E-state index in [9.17, 15) is 0 Å². The van der Waals surface area contributed by atoms with E-state index in [-0.39, 0.29) is 0 Å². The smallest absolute Gasteiger partial charge is 0.0678 e. The van der Waals surface area contributed by atoms with Crippen molar-refractivity contribution >= 4 is 17.1 Å². The van der Waals surface area contributed by atoms with Gasteiger partial charge in [0.15, 0.2) is 0 Å². The lowest BCUT2D eigenvalue weighted by molar-refractivity contribution is 0.899. The van der Waals surface area contributed by atoms with Crippen LogP contribution in [0, 0.1) is 6.92 Å². The Kier molecular flexibility index (Phi) is 5.20. The average molecular weight is 232 g/mol. The van der Waals surface area contributed by atoms with Crippen molar-refractivity contribution in [3.05, 3.63) is 23.8 Å². The van der Waals surface area contributed by atoms with Gasteiger partial charge in [0.1, 0.15) is 0 Å². The first-order chi connectivity index (χ1) is 8.02. The Morgan fingerprint density at radius 2 is 2.06 bits per heavy atom. The number of aliphatic imine (C=N–C) groups is 1. The van der Waals surface area contributed by atoms with Crippen LogP contribution < -0.4 is 5.32 Å². The Morgan fingerprint density at radius 1 is 1.35 bits per heavy atom. The molecule has 1 N–H and O–H groups in total. The third kappa shape index (κ3) is 4.59. The predicted octanol–water partition coefficient (Wildman–Crippen LogP) is 4.71. The van der Waals surface area contributed by atoms with E-state index in [2.05, 4.69) is 58.1 Å². The zero-order chi connectivity index (χ0) is 12.8. The molecule has 0 bridgehead atoms. The van der Waals surface area contributed by atoms with E-state index >= 15 is 0 Å². The molecule has 0 aliphatic heterocycles. The van der Waals surface area contributed by atoms with E-state index in [1.54, 1.807) is 0 Å². The standard InChI is InChI=1S/C15H24N2/c1-6-7-13(5)17-15-10-14(16-11(2)3)9-8-12(15)4/h8-11,16H,6-7H2,1-5H3/b17-13-. The minimum Gasteiger partial charge on any atom is -0.383 e. The summed E-state index contributed by atoms with van der Waals surface area (Å²) in [5, 5.41) is 3.41. The second-order valence-corrected chi connectivity index (χ2v) is 4.90. The van der Waals surface area contributed by atoms with Crippen LogP contribution in [-0.2, 0) is 0 Å². The molecule has 0 amide bonds. The number of aryl methyl sites for hydroxylation is 1. The van der Waals surface area contributed by atoms with Gasteiger partial charge in [-0.05, 0) is 51.8 Å². The SMILES string of the molecule is CCC/C(C)=N\c1cc(NC(C)C)ccc1C. The summed E-state index contributed by atoms with van der Waals surface area (Å²) in [5.74, 6) is 0. The lowest BCUT2D eigenvalue weighted by Gasteiger charge is -2.11. The summed E-state index contributed by atoms with van der Waals surface area (Å²) in [6, 6.07) is 6.83. The molecule has 94 valence electrons. The maximum atomic E-state index is 4.69. The van der Waals surface area contributed by atoms with Gasteiger partial charge in [-0.1, -0.05) is 19.4 Å². The first-order valence-electron chi connectivity index (χ1n) is 6.44. The van der Waals surface area contributed by atoms with E-state index in [0.29, 0.717) is 6.04 Å². The summed E-state index contributed by atoms with van der Waals surface area (Å²) in [6.07, 6.45) is 2.22. The number of nitrogens with one attached hydrogen (secondary N) is 1. The third-order valence-electron chi connectivity index (χ3n) is 2.59. The maximum absolute atomic E-state index is 4.69. The lowest BCUT2D eigenvalue weighted by Crippen LogP contribution is -2.09. The van der Waals surface area contributed by atoms with Gasteiger partial charge in [0.05, 0.1) is 5.69 Å². The quantitative estimate of drug-likeness (QED) is 0.731. The topological polar surface area (TPSA) is 24.4 Å². The fraction of sp³-hybridized carbons (Fsp3) is 0.533. The Labute approximate surface area is 105 Å². The van der Waals surface area contributed by atoms with Gasteiger partial charge < -0.3 is 5.32 Å². The van der Waals surface area contributed by atoms with E-state index < -0.39 is 0 Å². The van der Waals surface area contributed by atoms with Gasteiger partial charge in [0.25, 0.3) is 0 Å². The van der Waals surface area contributed by atoms with Crippen molar-refractivity contribution < 1.29 is 0 Å². The fourth-order valence-corrected chi connectivity index (χ4v) is 1.78. The Hall–Kier alpha value is -1.31. The summed E-state index contributed by atoms with van der Waals surface area (Å²) >= 11 is 0. The average Bonchev–Trinajstić information content (AvgIpc) is 2.22. The molecule has 0 saturated carbocycles. The number of rotatable bonds is 5. The molecule has 0 radical (unpaired) electrons. The summed E-state index contributed by atoms with van der Waals surface area (Å²) in [7, 11) is 0. The predicted molar refractivity (Wildman–Crippen MR) is 77.6 cm³/mol. The Morgan fingerprint density at radius 3 is 2.65 bits per heavy atom. The molecule has 2 nitrogen and oxygen atoms in total. The van der Waals surface area contributed by atoms with Crippen molar-refractivity contribution in [2.24, 2.45) is 4.99 Å². The molecule has 1 rings (SSSR count). The number of benzene rings is 1. The molecule has 0 saturated heterocycles. The Balaban J connectivity index is 2.94. The molecule has 0 aliphatic carbocycles.